The Labute approximate surface area is 106 Å². The molecular formula is C12H27NO3Si. The van der Waals surface area contributed by atoms with E-state index in [4.69, 9.17) is 13.6 Å². The fourth-order valence-electron chi connectivity index (χ4n) is 2.25. The molecule has 1 aliphatic heterocycles. The summed E-state index contributed by atoms with van der Waals surface area (Å²) in [7, 11) is -1.89. The molecule has 0 spiro atoms. The zero-order valence-corrected chi connectivity index (χ0v) is 12.5. The number of nitrogens with zero attached hydrogens (tertiary/aromatic N) is 1. The van der Waals surface area contributed by atoms with Crippen LogP contribution in [0.15, 0.2) is 0 Å². The second-order valence-electron chi connectivity index (χ2n) is 4.56. The Hall–Kier alpha value is 0.0569. The Morgan fingerprint density at radius 1 is 1.12 bits per heavy atom. The van der Waals surface area contributed by atoms with Crippen molar-refractivity contribution in [2.75, 3.05) is 46.1 Å². The summed E-state index contributed by atoms with van der Waals surface area (Å²) in [6, 6.07) is 1.09. The van der Waals surface area contributed by atoms with Gasteiger partial charge in [0.25, 0.3) is 0 Å². The van der Waals surface area contributed by atoms with Gasteiger partial charge in [-0.05, 0) is 39.4 Å². The molecule has 0 atom stereocenters. The standard InChI is InChI=1S/C12H27NO3Si/c1-4-15-17(3,16-5-2)12-6-7-13-8-10-14-11-9-13/h4-12H2,1-3H3. The first-order chi connectivity index (χ1) is 8.20. The molecule has 0 N–H and O–H groups in total. The van der Waals surface area contributed by atoms with Crippen LogP contribution in [0.4, 0.5) is 0 Å². The number of hydrogen-bond acceptors (Lipinski definition) is 4. The molecule has 0 amide bonds. The van der Waals surface area contributed by atoms with E-state index >= 15 is 0 Å². The minimum Gasteiger partial charge on any atom is -0.395 e. The second-order valence-corrected chi connectivity index (χ2v) is 7.90. The molecule has 0 bridgehead atoms. The van der Waals surface area contributed by atoms with Gasteiger partial charge in [0, 0.05) is 26.3 Å². The Kier molecular flexibility index (Phi) is 7.30. The van der Waals surface area contributed by atoms with Gasteiger partial charge in [-0.15, -0.1) is 0 Å². The normalized spacial score (nSPS) is 18.5. The molecule has 17 heavy (non-hydrogen) atoms. The summed E-state index contributed by atoms with van der Waals surface area (Å²) < 4.78 is 17.0. The van der Waals surface area contributed by atoms with E-state index in [1.54, 1.807) is 0 Å². The summed E-state index contributed by atoms with van der Waals surface area (Å²) in [5.74, 6) is 0. The fraction of sp³-hybridized carbons (Fsp3) is 1.00. The summed E-state index contributed by atoms with van der Waals surface area (Å²) in [6.45, 7) is 12.9. The summed E-state index contributed by atoms with van der Waals surface area (Å²) in [4.78, 5) is 2.47. The maximum atomic E-state index is 5.83. The van der Waals surface area contributed by atoms with E-state index in [-0.39, 0.29) is 0 Å². The lowest BCUT2D eigenvalue weighted by molar-refractivity contribution is 0.0376. The van der Waals surface area contributed by atoms with Crippen molar-refractivity contribution < 1.29 is 13.6 Å². The number of ether oxygens (including phenoxy) is 1. The first kappa shape index (κ1) is 15.1. The van der Waals surface area contributed by atoms with Crippen molar-refractivity contribution in [1.82, 2.24) is 4.90 Å². The van der Waals surface area contributed by atoms with Gasteiger partial charge in [0.15, 0.2) is 0 Å². The van der Waals surface area contributed by atoms with Crippen LogP contribution in [0.5, 0.6) is 0 Å². The van der Waals surface area contributed by atoms with Crippen molar-refractivity contribution in [3.05, 3.63) is 0 Å². The largest absolute Gasteiger partial charge is 0.395 e. The predicted molar refractivity (Wildman–Crippen MR) is 71.6 cm³/mol. The Morgan fingerprint density at radius 3 is 2.24 bits per heavy atom. The Balaban J connectivity index is 2.21. The summed E-state index contributed by atoms with van der Waals surface area (Å²) in [5, 5.41) is 0. The average molecular weight is 261 g/mol. The highest BCUT2D eigenvalue weighted by Gasteiger charge is 2.30. The molecule has 1 heterocycles. The van der Waals surface area contributed by atoms with Crippen LogP contribution in [0.2, 0.25) is 12.6 Å². The molecular weight excluding hydrogens is 234 g/mol. The number of rotatable bonds is 8. The van der Waals surface area contributed by atoms with E-state index in [1.165, 1.54) is 6.42 Å². The maximum absolute atomic E-state index is 5.83. The van der Waals surface area contributed by atoms with E-state index < -0.39 is 8.56 Å². The molecule has 1 aliphatic rings. The van der Waals surface area contributed by atoms with Gasteiger partial charge in [0.1, 0.15) is 0 Å². The van der Waals surface area contributed by atoms with Crippen LogP contribution in [-0.2, 0) is 13.6 Å². The smallest absolute Gasteiger partial charge is 0.334 e. The quantitative estimate of drug-likeness (QED) is 0.624. The first-order valence-electron chi connectivity index (χ1n) is 6.78. The molecule has 0 radical (unpaired) electrons. The molecule has 1 fully saturated rings. The molecule has 0 saturated carbocycles. The summed E-state index contributed by atoms with van der Waals surface area (Å²) in [5.41, 5.74) is 0. The highest BCUT2D eigenvalue weighted by atomic mass is 28.4. The van der Waals surface area contributed by atoms with Crippen molar-refractivity contribution in [3.63, 3.8) is 0 Å². The van der Waals surface area contributed by atoms with Crippen molar-refractivity contribution in [2.45, 2.75) is 32.9 Å². The van der Waals surface area contributed by atoms with Crippen molar-refractivity contribution >= 4 is 8.56 Å². The van der Waals surface area contributed by atoms with Gasteiger partial charge in [0.2, 0.25) is 0 Å². The third-order valence-corrected chi connectivity index (χ3v) is 6.17. The van der Waals surface area contributed by atoms with Crippen LogP contribution in [0.1, 0.15) is 20.3 Å². The van der Waals surface area contributed by atoms with E-state index in [0.717, 1.165) is 52.1 Å². The van der Waals surface area contributed by atoms with Crippen molar-refractivity contribution in [2.24, 2.45) is 0 Å². The Morgan fingerprint density at radius 2 is 1.71 bits per heavy atom. The lowest BCUT2D eigenvalue weighted by Gasteiger charge is -2.29. The third-order valence-electron chi connectivity index (χ3n) is 3.11. The molecule has 0 unspecified atom stereocenters. The zero-order valence-electron chi connectivity index (χ0n) is 11.5. The van der Waals surface area contributed by atoms with Gasteiger partial charge in [-0.3, -0.25) is 4.90 Å². The monoisotopic (exact) mass is 261 g/mol. The second kappa shape index (κ2) is 8.21. The molecule has 5 heteroatoms. The molecule has 102 valence electrons. The highest BCUT2D eigenvalue weighted by Crippen LogP contribution is 2.16. The SMILES string of the molecule is CCO[Si](C)(CCCN1CCOCC1)OCC. The van der Waals surface area contributed by atoms with Gasteiger partial charge in [-0.1, -0.05) is 0 Å². The van der Waals surface area contributed by atoms with Gasteiger partial charge in [-0.2, -0.15) is 0 Å². The van der Waals surface area contributed by atoms with E-state index in [0.29, 0.717) is 0 Å². The molecule has 0 aromatic carbocycles. The van der Waals surface area contributed by atoms with Gasteiger partial charge < -0.3 is 13.6 Å². The van der Waals surface area contributed by atoms with Crippen LogP contribution < -0.4 is 0 Å². The predicted octanol–water partition coefficient (Wildman–Crippen LogP) is 1.85. The van der Waals surface area contributed by atoms with Crippen molar-refractivity contribution in [3.8, 4) is 0 Å². The minimum atomic E-state index is -1.89. The van der Waals surface area contributed by atoms with Crippen LogP contribution in [-0.4, -0.2) is 59.5 Å². The van der Waals surface area contributed by atoms with Crippen LogP contribution >= 0.6 is 0 Å². The first-order valence-corrected chi connectivity index (χ1v) is 9.30. The van der Waals surface area contributed by atoms with Crippen LogP contribution in [0.3, 0.4) is 0 Å². The van der Waals surface area contributed by atoms with Crippen molar-refractivity contribution in [1.29, 1.82) is 0 Å². The molecule has 0 aromatic heterocycles. The molecule has 4 nitrogen and oxygen atoms in total. The number of morpholine rings is 1. The molecule has 1 rings (SSSR count). The zero-order chi connectivity index (χ0) is 12.6. The van der Waals surface area contributed by atoms with E-state index in [1.807, 2.05) is 13.8 Å². The molecule has 0 aliphatic carbocycles. The van der Waals surface area contributed by atoms with Crippen LogP contribution in [0, 0.1) is 0 Å². The fourth-order valence-corrected chi connectivity index (χ4v) is 4.64. The molecule has 0 aromatic rings. The summed E-state index contributed by atoms with van der Waals surface area (Å²) in [6.07, 6.45) is 1.17. The van der Waals surface area contributed by atoms with Crippen LogP contribution in [0.25, 0.3) is 0 Å². The van der Waals surface area contributed by atoms with E-state index in [9.17, 15) is 0 Å². The van der Waals surface area contributed by atoms with Gasteiger partial charge in [0.05, 0.1) is 13.2 Å². The van der Waals surface area contributed by atoms with E-state index in [2.05, 4.69) is 11.4 Å². The lowest BCUT2D eigenvalue weighted by Crippen LogP contribution is -2.41. The lowest BCUT2D eigenvalue weighted by atomic mass is 10.3. The summed E-state index contributed by atoms with van der Waals surface area (Å²) >= 11 is 0. The number of hydrogen-bond donors (Lipinski definition) is 0. The molecule has 1 saturated heterocycles. The van der Waals surface area contributed by atoms with Gasteiger partial charge >= 0.3 is 8.56 Å². The maximum Gasteiger partial charge on any atom is 0.334 e. The highest BCUT2D eigenvalue weighted by molar-refractivity contribution is 6.66. The topological polar surface area (TPSA) is 30.9 Å². The third kappa shape index (κ3) is 5.97. The van der Waals surface area contributed by atoms with Gasteiger partial charge in [-0.25, -0.2) is 0 Å². The average Bonchev–Trinajstić information content (AvgIpc) is 2.31. The minimum absolute atomic E-state index is 0.764. The Bertz CT molecular complexity index is 192.